The van der Waals surface area contributed by atoms with Crippen molar-refractivity contribution in [3.8, 4) is 11.5 Å². The fourth-order valence-corrected chi connectivity index (χ4v) is 3.05. The number of nitrogens with zero attached hydrogens (tertiary/aromatic N) is 2. The number of amides is 4. The Bertz CT molecular complexity index is 918. The van der Waals surface area contributed by atoms with Gasteiger partial charge in [0, 0.05) is 18.9 Å². The third-order valence-electron chi connectivity index (χ3n) is 4.49. The van der Waals surface area contributed by atoms with Crippen molar-refractivity contribution < 1.29 is 23.9 Å². The summed E-state index contributed by atoms with van der Waals surface area (Å²) >= 11 is 0. The van der Waals surface area contributed by atoms with E-state index in [2.05, 4.69) is 15.6 Å². The van der Waals surface area contributed by atoms with E-state index in [1.54, 1.807) is 36.7 Å². The average molecular weight is 382 g/mol. The smallest absolute Gasteiger partial charge is 0.325 e. The summed E-state index contributed by atoms with van der Waals surface area (Å²) in [6.07, 6.45) is 3.17. The number of carbonyl (C=O) groups excluding carboxylic acids is 3. The second-order valence-corrected chi connectivity index (χ2v) is 6.46. The molecule has 2 N–H and O–H groups in total. The average Bonchev–Trinajstić information content (AvgIpc) is 3.27. The molecule has 1 aromatic carbocycles. The highest BCUT2D eigenvalue weighted by Gasteiger charge is 2.39. The Morgan fingerprint density at radius 3 is 2.89 bits per heavy atom. The largest absolute Gasteiger partial charge is 0.454 e. The molecular weight excluding hydrogens is 364 g/mol. The number of carbonyl (C=O) groups is 3. The molecule has 0 saturated carbocycles. The van der Waals surface area contributed by atoms with Gasteiger partial charge in [-0.1, -0.05) is 12.1 Å². The minimum absolute atomic E-state index is 0.0924. The molecule has 9 nitrogen and oxygen atoms in total. The summed E-state index contributed by atoms with van der Waals surface area (Å²) in [6, 6.07) is 7.44. The topological polar surface area (TPSA) is 110 Å². The van der Waals surface area contributed by atoms with Gasteiger partial charge >= 0.3 is 6.03 Å². The Labute approximate surface area is 160 Å². The number of urea groups is 1. The molecule has 144 valence electrons. The summed E-state index contributed by atoms with van der Waals surface area (Å²) in [7, 11) is 0. The van der Waals surface area contributed by atoms with Crippen molar-refractivity contribution in [2.45, 2.75) is 25.6 Å². The SMILES string of the molecule is O=C(CC1NC(=O)N(Cc2ccc3c(c2)OCO3)C1=O)NCc1cccnc1. The highest BCUT2D eigenvalue weighted by atomic mass is 16.7. The molecule has 0 radical (unpaired) electrons. The molecule has 9 heteroatoms. The Morgan fingerprint density at radius 1 is 1.21 bits per heavy atom. The number of imide groups is 1. The lowest BCUT2D eigenvalue weighted by molar-refractivity contribution is -0.131. The van der Waals surface area contributed by atoms with Crippen LogP contribution in [0.3, 0.4) is 0 Å². The summed E-state index contributed by atoms with van der Waals surface area (Å²) in [5, 5.41) is 5.29. The first-order chi connectivity index (χ1) is 13.6. The van der Waals surface area contributed by atoms with Crippen LogP contribution < -0.4 is 20.1 Å². The molecule has 4 rings (SSSR count). The van der Waals surface area contributed by atoms with Gasteiger partial charge in [0.1, 0.15) is 6.04 Å². The van der Waals surface area contributed by atoms with Crippen LogP contribution in [0.1, 0.15) is 17.5 Å². The maximum Gasteiger partial charge on any atom is 0.325 e. The van der Waals surface area contributed by atoms with E-state index in [4.69, 9.17) is 9.47 Å². The number of rotatable bonds is 6. The van der Waals surface area contributed by atoms with E-state index in [-0.39, 0.29) is 25.7 Å². The second-order valence-electron chi connectivity index (χ2n) is 6.46. The molecule has 0 spiro atoms. The van der Waals surface area contributed by atoms with Crippen molar-refractivity contribution in [2.24, 2.45) is 0 Å². The number of hydrogen-bond donors (Lipinski definition) is 2. The van der Waals surface area contributed by atoms with Crippen LogP contribution in [0.5, 0.6) is 11.5 Å². The molecule has 1 fully saturated rings. The third-order valence-corrected chi connectivity index (χ3v) is 4.49. The van der Waals surface area contributed by atoms with Crippen molar-refractivity contribution in [1.82, 2.24) is 20.5 Å². The molecular formula is C19H18N4O5. The third kappa shape index (κ3) is 3.73. The molecule has 0 aliphatic carbocycles. The first-order valence-electron chi connectivity index (χ1n) is 8.76. The monoisotopic (exact) mass is 382 g/mol. The van der Waals surface area contributed by atoms with Gasteiger partial charge in [0.05, 0.1) is 13.0 Å². The molecule has 1 unspecified atom stereocenters. The number of aromatic nitrogens is 1. The highest BCUT2D eigenvalue weighted by Crippen LogP contribution is 2.33. The van der Waals surface area contributed by atoms with Crippen LogP contribution in [-0.4, -0.2) is 40.6 Å². The van der Waals surface area contributed by atoms with Gasteiger partial charge in [-0.15, -0.1) is 0 Å². The Morgan fingerprint density at radius 2 is 2.07 bits per heavy atom. The van der Waals surface area contributed by atoms with Gasteiger partial charge in [-0.05, 0) is 29.3 Å². The quantitative estimate of drug-likeness (QED) is 0.720. The molecule has 4 amide bonds. The molecule has 2 aromatic rings. The number of hydrogen-bond acceptors (Lipinski definition) is 6. The van der Waals surface area contributed by atoms with Crippen molar-refractivity contribution >= 4 is 17.8 Å². The zero-order chi connectivity index (χ0) is 19.5. The van der Waals surface area contributed by atoms with Gasteiger partial charge < -0.3 is 20.1 Å². The van der Waals surface area contributed by atoms with Crippen molar-refractivity contribution in [3.05, 3.63) is 53.9 Å². The van der Waals surface area contributed by atoms with Gasteiger partial charge in [0.2, 0.25) is 12.7 Å². The van der Waals surface area contributed by atoms with Gasteiger partial charge in [0.15, 0.2) is 11.5 Å². The normalized spacial score (nSPS) is 17.6. The lowest BCUT2D eigenvalue weighted by Crippen LogP contribution is -2.36. The van der Waals surface area contributed by atoms with E-state index in [0.29, 0.717) is 18.0 Å². The zero-order valence-corrected chi connectivity index (χ0v) is 14.9. The zero-order valence-electron chi connectivity index (χ0n) is 14.9. The fraction of sp³-hybridized carbons (Fsp3) is 0.263. The first-order valence-corrected chi connectivity index (χ1v) is 8.76. The van der Waals surface area contributed by atoms with Crippen LogP contribution in [0.2, 0.25) is 0 Å². The second kappa shape index (κ2) is 7.55. The van der Waals surface area contributed by atoms with Crippen LogP contribution in [-0.2, 0) is 22.7 Å². The van der Waals surface area contributed by atoms with Gasteiger partial charge in [-0.25, -0.2) is 4.79 Å². The van der Waals surface area contributed by atoms with E-state index in [1.165, 1.54) is 0 Å². The minimum Gasteiger partial charge on any atom is -0.454 e. The number of ether oxygens (including phenoxy) is 2. The lowest BCUT2D eigenvalue weighted by Gasteiger charge is -2.13. The minimum atomic E-state index is -0.879. The van der Waals surface area contributed by atoms with E-state index in [9.17, 15) is 14.4 Å². The van der Waals surface area contributed by atoms with Crippen LogP contribution in [0.25, 0.3) is 0 Å². The predicted octanol–water partition coefficient (Wildman–Crippen LogP) is 0.937. The van der Waals surface area contributed by atoms with Crippen LogP contribution in [0.4, 0.5) is 4.79 Å². The summed E-state index contributed by atoms with van der Waals surface area (Å²) in [5.41, 5.74) is 1.58. The molecule has 1 saturated heterocycles. The maximum absolute atomic E-state index is 12.6. The van der Waals surface area contributed by atoms with Crippen LogP contribution >= 0.6 is 0 Å². The Kier molecular flexibility index (Phi) is 4.79. The molecule has 3 heterocycles. The molecule has 0 bridgehead atoms. The van der Waals surface area contributed by atoms with E-state index < -0.39 is 18.0 Å². The van der Waals surface area contributed by atoms with Gasteiger partial charge in [0.25, 0.3) is 5.91 Å². The van der Waals surface area contributed by atoms with Crippen LogP contribution in [0, 0.1) is 0 Å². The number of fused-ring (bicyclic) bond motifs is 1. The summed E-state index contributed by atoms with van der Waals surface area (Å²) in [4.78, 5) is 42.0. The summed E-state index contributed by atoms with van der Waals surface area (Å²) < 4.78 is 10.6. The van der Waals surface area contributed by atoms with Crippen LogP contribution in [0.15, 0.2) is 42.7 Å². The number of benzene rings is 1. The van der Waals surface area contributed by atoms with Crippen molar-refractivity contribution in [1.29, 1.82) is 0 Å². The van der Waals surface area contributed by atoms with Crippen molar-refractivity contribution in [3.63, 3.8) is 0 Å². The maximum atomic E-state index is 12.6. The number of pyridine rings is 1. The predicted molar refractivity (Wildman–Crippen MR) is 96.1 cm³/mol. The van der Waals surface area contributed by atoms with Crippen molar-refractivity contribution in [2.75, 3.05) is 6.79 Å². The lowest BCUT2D eigenvalue weighted by atomic mass is 10.1. The fourth-order valence-electron chi connectivity index (χ4n) is 3.05. The Hall–Kier alpha value is -3.62. The van der Waals surface area contributed by atoms with E-state index >= 15 is 0 Å². The number of nitrogens with one attached hydrogen (secondary N) is 2. The van der Waals surface area contributed by atoms with E-state index in [0.717, 1.165) is 16.0 Å². The standard InChI is InChI=1S/C19H18N4O5/c24-17(21-9-13-2-1-5-20-8-13)7-14-18(25)23(19(26)22-14)10-12-3-4-15-16(6-12)28-11-27-15/h1-6,8,14H,7,9-11H2,(H,21,24)(H,22,26). The van der Waals surface area contributed by atoms with Gasteiger partial charge in [-0.3, -0.25) is 19.5 Å². The van der Waals surface area contributed by atoms with E-state index in [1.807, 2.05) is 6.07 Å². The molecule has 2 aliphatic rings. The van der Waals surface area contributed by atoms with Gasteiger partial charge in [-0.2, -0.15) is 0 Å². The highest BCUT2D eigenvalue weighted by molar-refractivity contribution is 6.05. The Balaban J connectivity index is 1.34. The molecule has 1 aromatic heterocycles. The molecule has 1 atom stereocenters. The summed E-state index contributed by atoms with van der Waals surface area (Å²) in [5.74, 6) is 0.451. The summed E-state index contributed by atoms with van der Waals surface area (Å²) in [6.45, 7) is 0.551. The molecule has 28 heavy (non-hydrogen) atoms. The first kappa shape index (κ1) is 17.8. The molecule has 2 aliphatic heterocycles.